The molecule has 4 atom stereocenters. The van der Waals surface area contributed by atoms with Crippen molar-refractivity contribution >= 4 is 17.2 Å². The van der Waals surface area contributed by atoms with Gasteiger partial charge in [-0.05, 0) is 6.42 Å². The van der Waals surface area contributed by atoms with E-state index in [0.717, 1.165) is 23.6 Å². The summed E-state index contributed by atoms with van der Waals surface area (Å²) in [5.74, 6) is 0.532. The number of thiazole rings is 1. The first-order valence-corrected chi connectivity index (χ1v) is 9.08. The van der Waals surface area contributed by atoms with Gasteiger partial charge in [0.25, 0.3) is 5.91 Å². The third kappa shape index (κ3) is 2.75. The van der Waals surface area contributed by atoms with Crippen molar-refractivity contribution in [2.45, 2.75) is 18.6 Å². The number of nitrogens with zero attached hydrogens (tertiary/aromatic N) is 1. The Bertz CT molecular complexity index is 718. The first-order chi connectivity index (χ1) is 11.8. The molecule has 1 aliphatic heterocycles. The van der Waals surface area contributed by atoms with E-state index in [1.165, 1.54) is 11.3 Å². The van der Waals surface area contributed by atoms with E-state index in [4.69, 9.17) is 9.47 Å². The van der Waals surface area contributed by atoms with Crippen LogP contribution in [0.4, 0.5) is 0 Å². The lowest BCUT2D eigenvalue weighted by molar-refractivity contribution is -0.0810. The quantitative estimate of drug-likeness (QED) is 0.906. The first-order valence-electron chi connectivity index (χ1n) is 8.20. The topological polar surface area (TPSA) is 60.5 Å². The van der Waals surface area contributed by atoms with Gasteiger partial charge in [-0.1, -0.05) is 30.3 Å². The number of aromatic nitrogens is 1. The van der Waals surface area contributed by atoms with Gasteiger partial charge in [-0.15, -0.1) is 11.3 Å². The van der Waals surface area contributed by atoms with E-state index >= 15 is 0 Å². The molecule has 4 rings (SSSR count). The average molecular weight is 344 g/mol. The van der Waals surface area contributed by atoms with Crippen LogP contribution < -0.4 is 5.32 Å². The van der Waals surface area contributed by atoms with Crippen molar-refractivity contribution in [1.29, 1.82) is 0 Å². The fourth-order valence-electron chi connectivity index (χ4n) is 3.75. The second-order valence-electron chi connectivity index (χ2n) is 6.31. The normalized spacial score (nSPS) is 28.2. The maximum absolute atomic E-state index is 12.6. The first kappa shape index (κ1) is 15.7. The van der Waals surface area contributed by atoms with Gasteiger partial charge in [0.15, 0.2) is 0 Å². The number of fused-ring (bicyclic) bond motifs is 1. The zero-order chi connectivity index (χ0) is 16.5. The minimum absolute atomic E-state index is 0.107. The fourth-order valence-corrected chi connectivity index (χ4v) is 4.56. The zero-order valence-corrected chi connectivity index (χ0v) is 14.3. The fraction of sp³-hybridized carbons (Fsp3) is 0.444. The number of hydrogen-bond acceptors (Lipinski definition) is 5. The molecule has 1 amide bonds. The SMILES string of the molecule is COC[C@H]1[C@@H](NC(=O)c2csc(-c3ccccc3)n2)[C@H]2CCO[C@H]21. The highest BCUT2D eigenvalue weighted by molar-refractivity contribution is 7.13. The van der Waals surface area contributed by atoms with E-state index in [0.29, 0.717) is 18.2 Å². The molecule has 24 heavy (non-hydrogen) atoms. The van der Waals surface area contributed by atoms with Gasteiger partial charge in [0.2, 0.25) is 0 Å². The van der Waals surface area contributed by atoms with Crippen molar-refractivity contribution in [2.75, 3.05) is 20.3 Å². The van der Waals surface area contributed by atoms with Crippen molar-refractivity contribution in [2.24, 2.45) is 11.8 Å². The highest BCUT2D eigenvalue weighted by atomic mass is 32.1. The monoisotopic (exact) mass is 344 g/mol. The summed E-state index contributed by atoms with van der Waals surface area (Å²) in [6.07, 6.45) is 1.23. The van der Waals surface area contributed by atoms with Gasteiger partial charge in [0, 0.05) is 42.5 Å². The molecule has 0 radical (unpaired) electrons. The molecule has 2 aliphatic rings. The van der Waals surface area contributed by atoms with Crippen LogP contribution in [0.5, 0.6) is 0 Å². The molecule has 126 valence electrons. The predicted molar refractivity (Wildman–Crippen MR) is 92.0 cm³/mol. The lowest BCUT2D eigenvalue weighted by Gasteiger charge is -2.47. The number of hydrogen-bond donors (Lipinski definition) is 1. The summed E-state index contributed by atoms with van der Waals surface area (Å²) in [7, 11) is 1.69. The Labute approximate surface area is 145 Å². The largest absolute Gasteiger partial charge is 0.384 e. The van der Waals surface area contributed by atoms with E-state index in [-0.39, 0.29) is 24.0 Å². The summed E-state index contributed by atoms with van der Waals surface area (Å²) in [4.78, 5) is 17.1. The Hall–Kier alpha value is -1.76. The second kappa shape index (κ2) is 6.63. The van der Waals surface area contributed by atoms with E-state index in [1.807, 2.05) is 35.7 Å². The van der Waals surface area contributed by atoms with E-state index in [9.17, 15) is 4.79 Å². The van der Waals surface area contributed by atoms with Crippen molar-refractivity contribution < 1.29 is 14.3 Å². The smallest absolute Gasteiger partial charge is 0.271 e. The molecule has 2 fully saturated rings. The van der Waals surface area contributed by atoms with Gasteiger partial charge in [0.05, 0.1) is 12.7 Å². The lowest BCUT2D eigenvalue weighted by atomic mass is 9.67. The number of ether oxygens (including phenoxy) is 2. The molecule has 1 N–H and O–H groups in total. The van der Waals surface area contributed by atoms with Gasteiger partial charge in [0.1, 0.15) is 10.7 Å². The highest BCUT2D eigenvalue weighted by Gasteiger charge is 2.54. The maximum atomic E-state index is 12.6. The molecule has 1 aromatic heterocycles. The molecule has 0 unspecified atom stereocenters. The van der Waals surface area contributed by atoms with Crippen LogP contribution in [0.15, 0.2) is 35.7 Å². The Balaban J connectivity index is 1.46. The van der Waals surface area contributed by atoms with Gasteiger partial charge < -0.3 is 14.8 Å². The van der Waals surface area contributed by atoms with Crippen molar-refractivity contribution in [3.63, 3.8) is 0 Å². The Morgan fingerprint density at radius 2 is 2.25 bits per heavy atom. The molecule has 1 aromatic carbocycles. The predicted octanol–water partition coefficient (Wildman–Crippen LogP) is 2.59. The van der Waals surface area contributed by atoms with Gasteiger partial charge in [-0.2, -0.15) is 0 Å². The van der Waals surface area contributed by atoms with E-state index in [2.05, 4.69) is 10.3 Å². The van der Waals surface area contributed by atoms with E-state index < -0.39 is 0 Å². The molecular weight excluding hydrogens is 324 g/mol. The number of amides is 1. The summed E-state index contributed by atoms with van der Waals surface area (Å²) in [5.41, 5.74) is 1.52. The van der Waals surface area contributed by atoms with Crippen LogP contribution in [0.2, 0.25) is 0 Å². The molecule has 2 aromatic rings. The van der Waals surface area contributed by atoms with Crippen molar-refractivity contribution in [3.05, 3.63) is 41.4 Å². The van der Waals surface area contributed by atoms with E-state index in [1.54, 1.807) is 7.11 Å². The summed E-state index contributed by atoms with van der Waals surface area (Å²) in [6.45, 7) is 1.38. The van der Waals surface area contributed by atoms with Crippen molar-refractivity contribution in [3.8, 4) is 10.6 Å². The minimum Gasteiger partial charge on any atom is -0.384 e. The van der Waals surface area contributed by atoms with Crippen LogP contribution in [0.3, 0.4) is 0 Å². The van der Waals surface area contributed by atoms with Gasteiger partial charge in [-0.25, -0.2) is 4.98 Å². The third-order valence-electron chi connectivity index (χ3n) is 4.94. The number of carbonyl (C=O) groups excluding carboxylic acids is 1. The van der Waals surface area contributed by atoms with Crippen LogP contribution in [0.25, 0.3) is 10.6 Å². The van der Waals surface area contributed by atoms with Crippen LogP contribution in [0.1, 0.15) is 16.9 Å². The molecule has 0 spiro atoms. The summed E-state index contributed by atoms with van der Waals surface area (Å²) < 4.78 is 11.0. The maximum Gasteiger partial charge on any atom is 0.271 e. The van der Waals surface area contributed by atoms with Crippen LogP contribution >= 0.6 is 11.3 Å². The summed E-state index contributed by atoms with van der Waals surface area (Å²) in [6, 6.07) is 10.0. The van der Waals surface area contributed by atoms with Gasteiger partial charge in [-0.3, -0.25) is 4.79 Å². The highest BCUT2D eigenvalue weighted by Crippen LogP contribution is 2.43. The Morgan fingerprint density at radius 3 is 3.04 bits per heavy atom. The molecular formula is C18H20N2O3S. The summed E-state index contributed by atoms with van der Waals surface area (Å²) in [5, 5.41) is 5.84. The molecule has 1 saturated carbocycles. The lowest BCUT2D eigenvalue weighted by Crippen LogP contribution is -2.62. The van der Waals surface area contributed by atoms with Crippen molar-refractivity contribution in [1.82, 2.24) is 10.3 Å². The van der Waals surface area contributed by atoms with Crippen LogP contribution in [-0.2, 0) is 9.47 Å². The Morgan fingerprint density at radius 1 is 1.42 bits per heavy atom. The molecule has 5 nitrogen and oxygen atoms in total. The molecule has 6 heteroatoms. The average Bonchev–Trinajstić information content (AvgIpc) is 3.26. The number of carbonyl (C=O) groups is 1. The molecule has 0 bridgehead atoms. The Kier molecular flexibility index (Phi) is 4.35. The van der Waals surface area contributed by atoms with Crippen LogP contribution in [0, 0.1) is 11.8 Å². The zero-order valence-electron chi connectivity index (χ0n) is 13.5. The minimum atomic E-state index is -0.107. The number of benzene rings is 1. The number of nitrogens with one attached hydrogen (secondary N) is 1. The second-order valence-corrected chi connectivity index (χ2v) is 7.17. The summed E-state index contributed by atoms with van der Waals surface area (Å²) >= 11 is 1.49. The number of methoxy groups -OCH3 is 1. The van der Waals surface area contributed by atoms with Crippen LogP contribution in [-0.4, -0.2) is 43.4 Å². The standard InChI is InChI=1S/C18H20N2O3S/c1-22-9-13-15(12-7-8-23-16(12)13)20-17(21)14-10-24-18(19-14)11-5-3-2-4-6-11/h2-6,10,12-13,15-16H,7-9H2,1H3,(H,20,21)/t12-,13+,15+,16-/m1/s1. The molecule has 2 heterocycles. The molecule has 1 saturated heterocycles. The van der Waals surface area contributed by atoms with Gasteiger partial charge >= 0.3 is 0 Å². The molecule has 1 aliphatic carbocycles. The number of rotatable bonds is 5. The third-order valence-corrected chi connectivity index (χ3v) is 5.83.